The summed E-state index contributed by atoms with van der Waals surface area (Å²) >= 11 is 0. The third kappa shape index (κ3) is 2.61. The largest absolute Gasteiger partial charge is 0.469 e. The topological polar surface area (TPSA) is 65.7 Å². The summed E-state index contributed by atoms with van der Waals surface area (Å²) in [7, 11) is 0. The lowest BCUT2D eigenvalue weighted by Crippen LogP contribution is -2.48. The number of β-amino-alcohol motifs (C(OH)–C–C–N with tert-alkyl or cyclic N) is 1. The van der Waals surface area contributed by atoms with Crippen LogP contribution in [0.25, 0.3) is 0 Å². The molecule has 1 aromatic rings. The summed E-state index contributed by atoms with van der Waals surface area (Å²) < 4.78 is 5.43. The SMILES string of the molecule is O=C(NC1CCCc2occc21)N1CCCC(O)C1. The summed E-state index contributed by atoms with van der Waals surface area (Å²) in [6.07, 6.45) is 5.92. The maximum Gasteiger partial charge on any atom is 0.317 e. The van der Waals surface area contributed by atoms with Gasteiger partial charge in [0.25, 0.3) is 0 Å². The van der Waals surface area contributed by atoms with Crippen molar-refractivity contribution in [2.24, 2.45) is 0 Å². The number of aliphatic hydroxyl groups is 1. The average molecular weight is 264 g/mol. The smallest absolute Gasteiger partial charge is 0.317 e. The van der Waals surface area contributed by atoms with E-state index in [9.17, 15) is 9.90 Å². The quantitative estimate of drug-likeness (QED) is 0.813. The molecule has 0 spiro atoms. The molecule has 0 bridgehead atoms. The van der Waals surface area contributed by atoms with Crippen LogP contribution in [0.1, 0.15) is 43.0 Å². The predicted molar refractivity (Wildman–Crippen MR) is 69.7 cm³/mol. The number of aliphatic hydroxyl groups excluding tert-OH is 1. The second-order valence-corrected chi connectivity index (χ2v) is 5.44. The lowest BCUT2D eigenvalue weighted by atomic mass is 9.93. The molecule has 0 aromatic carbocycles. The molecule has 2 aliphatic rings. The molecule has 19 heavy (non-hydrogen) atoms. The number of piperidine rings is 1. The third-order valence-electron chi connectivity index (χ3n) is 4.03. The van der Waals surface area contributed by atoms with E-state index in [4.69, 9.17) is 4.42 Å². The van der Waals surface area contributed by atoms with Crippen molar-refractivity contribution in [1.82, 2.24) is 10.2 Å². The van der Waals surface area contributed by atoms with Crippen molar-refractivity contribution in [3.05, 3.63) is 23.7 Å². The van der Waals surface area contributed by atoms with Gasteiger partial charge in [-0.2, -0.15) is 0 Å². The number of aryl methyl sites for hydroxylation is 1. The van der Waals surface area contributed by atoms with E-state index in [1.807, 2.05) is 6.07 Å². The van der Waals surface area contributed by atoms with Crippen LogP contribution in [-0.2, 0) is 6.42 Å². The van der Waals surface area contributed by atoms with Crippen molar-refractivity contribution in [2.75, 3.05) is 13.1 Å². The van der Waals surface area contributed by atoms with E-state index < -0.39 is 0 Å². The van der Waals surface area contributed by atoms with Gasteiger partial charge in [0.15, 0.2) is 0 Å². The summed E-state index contributed by atoms with van der Waals surface area (Å²) in [5.41, 5.74) is 1.11. The monoisotopic (exact) mass is 264 g/mol. The molecule has 2 heterocycles. The number of hydrogen-bond donors (Lipinski definition) is 2. The van der Waals surface area contributed by atoms with E-state index in [0.717, 1.165) is 50.0 Å². The van der Waals surface area contributed by atoms with E-state index in [1.54, 1.807) is 11.2 Å². The van der Waals surface area contributed by atoms with Gasteiger partial charge in [-0.1, -0.05) is 0 Å². The minimum Gasteiger partial charge on any atom is -0.469 e. The highest BCUT2D eigenvalue weighted by atomic mass is 16.3. The maximum atomic E-state index is 12.2. The summed E-state index contributed by atoms with van der Waals surface area (Å²) in [5.74, 6) is 0.996. The van der Waals surface area contributed by atoms with Crippen molar-refractivity contribution in [3.63, 3.8) is 0 Å². The number of fused-ring (bicyclic) bond motifs is 1. The maximum absolute atomic E-state index is 12.2. The molecule has 2 unspecified atom stereocenters. The summed E-state index contributed by atoms with van der Waals surface area (Å²) in [6, 6.07) is 1.93. The number of amides is 2. The lowest BCUT2D eigenvalue weighted by molar-refractivity contribution is 0.0830. The van der Waals surface area contributed by atoms with Crippen LogP contribution in [0.2, 0.25) is 0 Å². The molecule has 1 aliphatic carbocycles. The number of likely N-dealkylation sites (tertiary alicyclic amines) is 1. The fourth-order valence-electron chi connectivity index (χ4n) is 3.02. The minimum absolute atomic E-state index is 0.0501. The Balaban J connectivity index is 1.64. The first-order chi connectivity index (χ1) is 9.24. The lowest BCUT2D eigenvalue weighted by Gasteiger charge is -2.32. The first-order valence-corrected chi connectivity index (χ1v) is 7.04. The van der Waals surface area contributed by atoms with E-state index in [0.29, 0.717) is 6.54 Å². The molecule has 1 aromatic heterocycles. The predicted octanol–water partition coefficient (Wildman–Crippen LogP) is 1.82. The number of carbonyl (C=O) groups is 1. The molecule has 5 nitrogen and oxygen atoms in total. The van der Waals surface area contributed by atoms with Gasteiger partial charge in [0.1, 0.15) is 5.76 Å². The minimum atomic E-state index is -0.379. The zero-order valence-electron chi connectivity index (χ0n) is 11.0. The average Bonchev–Trinajstić information content (AvgIpc) is 2.88. The van der Waals surface area contributed by atoms with Crippen LogP contribution in [0.3, 0.4) is 0 Å². The fraction of sp³-hybridized carbons (Fsp3) is 0.643. The molecule has 2 N–H and O–H groups in total. The number of urea groups is 1. The van der Waals surface area contributed by atoms with Gasteiger partial charge in [-0.05, 0) is 31.7 Å². The van der Waals surface area contributed by atoms with Crippen LogP contribution < -0.4 is 5.32 Å². The molecular weight excluding hydrogens is 244 g/mol. The highest BCUT2D eigenvalue weighted by molar-refractivity contribution is 5.75. The molecule has 1 aliphatic heterocycles. The van der Waals surface area contributed by atoms with Gasteiger partial charge in [0.05, 0.1) is 18.4 Å². The van der Waals surface area contributed by atoms with Crippen molar-refractivity contribution >= 4 is 6.03 Å². The van der Waals surface area contributed by atoms with Gasteiger partial charge in [-0.3, -0.25) is 0 Å². The van der Waals surface area contributed by atoms with Gasteiger partial charge in [-0.25, -0.2) is 4.79 Å². The van der Waals surface area contributed by atoms with Gasteiger partial charge in [-0.15, -0.1) is 0 Å². The van der Waals surface area contributed by atoms with Crippen LogP contribution in [-0.4, -0.2) is 35.2 Å². The number of carbonyl (C=O) groups excluding carboxylic acids is 1. The summed E-state index contributed by atoms with van der Waals surface area (Å²) in [4.78, 5) is 13.9. The molecule has 0 saturated carbocycles. The Bertz CT molecular complexity index is 457. The van der Waals surface area contributed by atoms with E-state index in [2.05, 4.69) is 5.32 Å². The van der Waals surface area contributed by atoms with Crippen LogP contribution in [0.5, 0.6) is 0 Å². The van der Waals surface area contributed by atoms with Crippen LogP contribution >= 0.6 is 0 Å². The molecule has 0 radical (unpaired) electrons. The number of nitrogens with one attached hydrogen (secondary N) is 1. The van der Waals surface area contributed by atoms with Crippen molar-refractivity contribution in [2.45, 2.75) is 44.2 Å². The highest BCUT2D eigenvalue weighted by Crippen LogP contribution is 2.30. The number of furan rings is 1. The zero-order chi connectivity index (χ0) is 13.2. The molecule has 2 amide bonds. The van der Waals surface area contributed by atoms with E-state index >= 15 is 0 Å². The Morgan fingerprint density at radius 2 is 2.32 bits per heavy atom. The van der Waals surface area contributed by atoms with Crippen LogP contribution in [0.4, 0.5) is 4.79 Å². The van der Waals surface area contributed by atoms with Crippen molar-refractivity contribution < 1.29 is 14.3 Å². The van der Waals surface area contributed by atoms with Gasteiger partial charge in [0.2, 0.25) is 0 Å². The van der Waals surface area contributed by atoms with E-state index in [1.165, 1.54) is 0 Å². The second kappa shape index (κ2) is 5.25. The molecule has 104 valence electrons. The highest BCUT2D eigenvalue weighted by Gasteiger charge is 2.27. The number of rotatable bonds is 1. The van der Waals surface area contributed by atoms with Crippen LogP contribution in [0.15, 0.2) is 16.7 Å². The number of nitrogens with zero attached hydrogens (tertiary/aromatic N) is 1. The number of hydrogen-bond acceptors (Lipinski definition) is 3. The molecular formula is C14H20N2O3. The molecule has 5 heteroatoms. The normalized spacial score (nSPS) is 26.9. The standard InChI is InChI=1S/C14H20N2O3/c17-10-3-2-7-16(9-10)14(18)15-12-4-1-5-13-11(12)6-8-19-13/h6,8,10,12,17H,1-5,7,9H2,(H,15,18). The van der Waals surface area contributed by atoms with Gasteiger partial charge < -0.3 is 19.7 Å². The first-order valence-electron chi connectivity index (χ1n) is 7.04. The Hall–Kier alpha value is -1.49. The second-order valence-electron chi connectivity index (χ2n) is 5.44. The molecule has 1 fully saturated rings. The Labute approximate surface area is 112 Å². The fourth-order valence-corrected chi connectivity index (χ4v) is 3.02. The van der Waals surface area contributed by atoms with Gasteiger partial charge >= 0.3 is 6.03 Å². The molecule has 2 atom stereocenters. The Morgan fingerprint density at radius 3 is 3.16 bits per heavy atom. The van der Waals surface area contributed by atoms with E-state index in [-0.39, 0.29) is 18.2 Å². The first kappa shape index (κ1) is 12.5. The van der Waals surface area contributed by atoms with Crippen molar-refractivity contribution in [3.8, 4) is 0 Å². The van der Waals surface area contributed by atoms with Crippen molar-refractivity contribution in [1.29, 1.82) is 0 Å². The zero-order valence-corrected chi connectivity index (χ0v) is 11.0. The van der Waals surface area contributed by atoms with Gasteiger partial charge in [0, 0.05) is 25.1 Å². The summed E-state index contributed by atoms with van der Waals surface area (Å²) in [6.45, 7) is 1.17. The summed E-state index contributed by atoms with van der Waals surface area (Å²) in [5, 5.41) is 12.7. The Kier molecular flexibility index (Phi) is 3.46. The molecule has 1 saturated heterocycles. The molecule has 3 rings (SSSR count). The third-order valence-corrected chi connectivity index (χ3v) is 4.03. The van der Waals surface area contributed by atoms with Crippen LogP contribution in [0, 0.1) is 0 Å². The Morgan fingerprint density at radius 1 is 1.42 bits per heavy atom.